The molecule has 0 radical (unpaired) electrons. The molecular weight excluding hydrogens is 234 g/mol. The summed E-state index contributed by atoms with van der Waals surface area (Å²) in [5.41, 5.74) is 0. The van der Waals surface area contributed by atoms with E-state index in [0.29, 0.717) is 12.8 Å². The second-order valence-electron chi connectivity index (χ2n) is 4.02. The Hall–Kier alpha value is -0.660. The van der Waals surface area contributed by atoms with Crippen molar-refractivity contribution in [1.82, 2.24) is 4.72 Å². The van der Waals surface area contributed by atoms with Crippen molar-refractivity contribution in [1.29, 1.82) is 0 Å². The van der Waals surface area contributed by atoms with E-state index in [9.17, 15) is 13.2 Å². The maximum atomic E-state index is 11.1. The smallest absolute Gasteiger partial charge is 0.329 e. The second-order valence-corrected chi connectivity index (χ2v) is 5.80. The Kier molecular flexibility index (Phi) is 4.69. The van der Waals surface area contributed by atoms with Crippen LogP contribution in [0.4, 0.5) is 0 Å². The Morgan fingerprint density at radius 2 is 2.06 bits per heavy atom. The van der Waals surface area contributed by atoms with Crippen LogP contribution in [0, 0.1) is 0 Å². The topological polar surface area (TPSA) is 92.7 Å². The SMILES string of the molecule is CS(=O)(=O)N[C@@H]1CCCC[C@H]1OCC(=O)O. The molecule has 0 spiro atoms. The zero-order valence-electron chi connectivity index (χ0n) is 9.18. The van der Waals surface area contributed by atoms with Crippen LogP contribution < -0.4 is 4.72 Å². The molecule has 0 aromatic rings. The second kappa shape index (κ2) is 5.60. The van der Waals surface area contributed by atoms with Crippen molar-refractivity contribution in [3.8, 4) is 0 Å². The van der Waals surface area contributed by atoms with E-state index in [1.54, 1.807) is 0 Å². The number of nitrogens with one attached hydrogen (secondary N) is 1. The summed E-state index contributed by atoms with van der Waals surface area (Å²) in [6, 6.07) is -0.303. The minimum atomic E-state index is -3.27. The lowest BCUT2D eigenvalue weighted by Crippen LogP contribution is -2.46. The number of hydrogen-bond acceptors (Lipinski definition) is 4. The van der Waals surface area contributed by atoms with Gasteiger partial charge in [0, 0.05) is 6.04 Å². The molecule has 0 aromatic carbocycles. The predicted octanol–water partition coefficient (Wildman–Crippen LogP) is -0.0520. The van der Waals surface area contributed by atoms with E-state index < -0.39 is 16.0 Å². The highest BCUT2D eigenvalue weighted by atomic mass is 32.2. The molecule has 1 rings (SSSR count). The van der Waals surface area contributed by atoms with Crippen molar-refractivity contribution < 1.29 is 23.1 Å². The minimum Gasteiger partial charge on any atom is -0.480 e. The summed E-state index contributed by atoms with van der Waals surface area (Å²) in [4.78, 5) is 10.4. The van der Waals surface area contributed by atoms with Crippen LogP contribution in [0.3, 0.4) is 0 Å². The van der Waals surface area contributed by atoms with Gasteiger partial charge in [-0.05, 0) is 12.8 Å². The number of sulfonamides is 1. The van der Waals surface area contributed by atoms with Crippen molar-refractivity contribution in [3.63, 3.8) is 0 Å². The van der Waals surface area contributed by atoms with Crippen LogP contribution in [0.2, 0.25) is 0 Å². The zero-order chi connectivity index (χ0) is 12.2. The molecule has 94 valence electrons. The van der Waals surface area contributed by atoms with Gasteiger partial charge in [0.15, 0.2) is 0 Å². The van der Waals surface area contributed by atoms with Crippen LogP contribution in [-0.2, 0) is 19.6 Å². The van der Waals surface area contributed by atoms with Gasteiger partial charge >= 0.3 is 5.97 Å². The molecular formula is C9H17NO5S. The summed E-state index contributed by atoms with van der Waals surface area (Å²) >= 11 is 0. The monoisotopic (exact) mass is 251 g/mol. The molecule has 7 heteroatoms. The first-order valence-corrected chi connectivity index (χ1v) is 7.08. The molecule has 0 amide bonds. The highest BCUT2D eigenvalue weighted by Gasteiger charge is 2.28. The van der Waals surface area contributed by atoms with E-state index in [2.05, 4.69) is 4.72 Å². The fraction of sp³-hybridized carbons (Fsp3) is 0.889. The Labute approximate surface area is 95.0 Å². The molecule has 0 aromatic heterocycles. The molecule has 1 saturated carbocycles. The Morgan fingerprint density at radius 3 is 2.62 bits per heavy atom. The molecule has 0 aliphatic heterocycles. The number of carboxylic acid groups (broad SMARTS) is 1. The first kappa shape index (κ1) is 13.4. The molecule has 0 saturated heterocycles. The Bertz CT molecular complexity index is 340. The number of carbonyl (C=O) groups is 1. The van der Waals surface area contributed by atoms with Crippen molar-refractivity contribution in [3.05, 3.63) is 0 Å². The molecule has 2 N–H and O–H groups in total. The molecule has 16 heavy (non-hydrogen) atoms. The van der Waals surface area contributed by atoms with Crippen LogP contribution in [0.1, 0.15) is 25.7 Å². The third-order valence-electron chi connectivity index (χ3n) is 2.49. The lowest BCUT2D eigenvalue weighted by Gasteiger charge is -2.30. The fourth-order valence-corrected chi connectivity index (χ4v) is 2.70. The number of ether oxygens (including phenoxy) is 1. The van der Waals surface area contributed by atoms with Crippen molar-refractivity contribution in [2.45, 2.75) is 37.8 Å². The first-order valence-electron chi connectivity index (χ1n) is 5.19. The van der Waals surface area contributed by atoms with E-state index in [4.69, 9.17) is 9.84 Å². The number of rotatable bonds is 5. The summed E-state index contributed by atoms with van der Waals surface area (Å²) in [7, 11) is -3.27. The minimum absolute atomic E-state index is 0.303. The average molecular weight is 251 g/mol. The molecule has 0 unspecified atom stereocenters. The van der Waals surface area contributed by atoms with Gasteiger partial charge in [-0.25, -0.2) is 17.9 Å². The van der Waals surface area contributed by atoms with Crippen LogP contribution in [0.25, 0.3) is 0 Å². The first-order chi connectivity index (χ1) is 7.38. The van der Waals surface area contributed by atoms with E-state index in [1.165, 1.54) is 0 Å². The van der Waals surface area contributed by atoms with E-state index in [-0.39, 0.29) is 18.8 Å². The van der Waals surface area contributed by atoms with E-state index in [1.807, 2.05) is 0 Å². The molecule has 0 heterocycles. The quantitative estimate of drug-likeness (QED) is 0.714. The van der Waals surface area contributed by atoms with E-state index in [0.717, 1.165) is 19.1 Å². The standard InChI is InChI=1S/C9H17NO5S/c1-16(13,14)10-7-4-2-3-5-8(7)15-6-9(11)12/h7-8,10H,2-6H2,1H3,(H,11,12)/t7-,8-/m1/s1. The Morgan fingerprint density at radius 1 is 1.44 bits per heavy atom. The van der Waals surface area contributed by atoms with Gasteiger partial charge < -0.3 is 9.84 Å². The predicted molar refractivity (Wildman–Crippen MR) is 57.6 cm³/mol. The largest absolute Gasteiger partial charge is 0.480 e. The van der Waals surface area contributed by atoms with Gasteiger partial charge in [-0.15, -0.1) is 0 Å². The summed E-state index contributed by atoms with van der Waals surface area (Å²) in [6.07, 6.45) is 4.01. The maximum Gasteiger partial charge on any atom is 0.329 e. The highest BCUT2D eigenvalue weighted by molar-refractivity contribution is 7.88. The van der Waals surface area contributed by atoms with Crippen LogP contribution in [0.5, 0.6) is 0 Å². The number of hydrogen-bond donors (Lipinski definition) is 2. The average Bonchev–Trinajstić information content (AvgIpc) is 2.14. The summed E-state index contributed by atoms with van der Waals surface area (Å²) in [6.45, 7) is -0.382. The summed E-state index contributed by atoms with van der Waals surface area (Å²) in [5.74, 6) is -1.04. The zero-order valence-corrected chi connectivity index (χ0v) is 10.00. The van der Waals surface area contributed by atoms with Gasteiger partial charge in [0.2, 0.25) is 10.0 Å². The Balaban J connectivity index is 2.53. The highest BCUT2D eigenvalue weighted by Crippen LogP contribution is 2.21. The number of carboxylic acids is 1. The van der Waals surface area contributed by atoms with Gasteiger partial charge in [-0.3, -0.25) is 0 Å². The van der Waals surface area contributed by atoms with Gasteiger partial charge in [-0.2, -0.15) is 0 Å². The maximum absolute atomic E-state index is 11.1. The summed E-state index contributed by atoms with van der Waals surface area (Å²) < 4.78 is 29.9. The van der Waals surface area contributed by atoms with Crippen molar-refractivity contribution in [2.24, 2.45) is 0 Å². The van der Waals surface area contributed by atoms with Crippen molar-refractivity contribution >= 4 is 16.0 Å². The van der Waals surface area contributed by atoms with Gasteiger partial charge in [0.25, 0.3) is 0 Å². The third-order valence-corrected chi connectivity index (χ3v) is 3.22. The molecule has 2 atom stereocenters. The fourth-order valence-electron chi connectivity index (χ4n) is 1.88. The van der Waals surface area contributed by atoms with Crippen LogP contribution in [0.15, 0.2) is 0 Å². The number of aliphatic carboxylic acids is 1. The molecule has 1 aliphatic rings. The molecule has 1 aliphatic carbocycles. The van der Waals surface area contributed by atoms with Gasteiger partial charge in [-0.1, -0.05) is 12.8 Å². The van der Waals surface area contributed by atoms with Gasteiger partial charge in [0.05, 0.1) is 12.4 Å². The van der Waals surface area contributed by atoms with E-state index >= 15 is 0 Å². The van der Waals surface area contributed by atoms with Gasteiger partial charge in [0.1, 0.15) is 6.61 Å². The van der Waals surface area contributed by atoms with Crippen LogP contribution in [-0.4, -0.2) is 44.5 Å². The lowest BCUT2D eigenvalue weighted by molar-refractivity contribution is -0.145. The normalized spacial score (nSPS) is 26.6. The molecule has 0 bridgehead atoms. The van der Waals surface area contributed by atoms with Crippen molar-refractivity contribution in [2.75, 3.05) is 12.9 Å². The lowest BCUT2D eigenvalue weighted by atomic mass is 9.93. The van der Waals surface area contributed by atoms with Crippen LogP contribution >= 0.6 is 0 Å². The molecule has 6 nitrogen and oxygen atoms in total. The third kappa shape index (κ3) is 4.91. The molecule has 1 fully saturated rings. The summed E-state index contributed by atoms with van der Waals surface area (Å²) in [5, 5.41) is 8.50.